The Morgan fingerprint density at radius 3 is 0.910 bits per heavy atom. The number of aliphatic hydroxyl groups excluding tert-OH is 1. The lowest BCUT2D eigenvalue weighted by Gasteiger charge is -2.21. The maximum Gasteiger partial charge on any atom is 0.472 e. The zero-order valence-corrected chi connectivity index (χ0v) is 59.2. The van der Waals surface area contributed by atoms with Crippen LogP contribution >= 0.6 is 15.6 Å². The Bertz CT molecular complexity index is 1840. The summed E-state index contributed by atoms with van der Waals surface area (Å²) < 4.78 is 68.2. The summed E-state index contributed by atoms with van der Waals surface area (Å²) in [6, 6.07) is 0. The molecule has 0 spiro atoms. The van der Waals surface area contributed by atoms with E-state index < -0.39 is 97.5 Å². The van der Waals surface area contributed by atoms with Gasteiger partial charge < -0.3 is 33.8 Å². The Morgan fingerprint density at radius 2 is 0.607 bits per heavy atom. The summed E-state index contributed by atoms with van der Waals surface area (Å²) in [5.41, 5.74) is 0. The lowest BCUT2D eigenvalue weighted by atomic mass is 10.0. The average Bonchev–Trinajstić information content (AvgIpc) is 3.66. The molecule has 524 valence electrons. The highest BCUT2D eigenvalue weighted by atomic mass is 31.2. The summed E-state index contributed by atoms with van der Waals surface area (Å²) in [7, 11) is -9.91. The van der Waals surface area contributed by atoms with Gasteiger partial charge in [0.2, 0.25) is 0 Å². The van der Waals surface area contributed by atoms with Crippen LogP contribution in [0.2, 0.25) is 0 Å². The largest absolute Gasteiger partial charge is 0.472 e. The van der Waals surface area contributed by atoms with Gasteiger partial charge in [-0.1, -0.05) is 272 Å². The number of phosphoric acid groups is 2. The molecule has 0 aromatic carbocycles. The van der Waals surface area contributed by atoms with E-state index in [0.717, 1.165) is 115 Å². The minimum absolute atomic E-state index is 0.0841. The van der Waals surface area contributed by atoms with E-state index in [2.05, 4.69) is 72.8 Å². The van der Waals surface area contributed by atoms with Crippen LogP contribution in [-0.2, 0) is 65.4 Å². The van der Waals surface area contributed by atoms with Gasteiger partial charge in [0.25, 0.3) is 0 Å². The SMILES string of the molecule is CCCCCC/C=C\C=C/CCCCCCCC(=O)O[C@H](COC(=O)CCCCCCCCCCCC(C)C)COP(=O)(O)OCC(O)COP(=O)(O)OC[C@@H](COC(=O)CCCCCCCCCCC(C)C)OC(=O)CCCCCCCCCCC(C)C. The van der Waals surface area contributed by atoms with Gasteiger partial charge in [-0.25, -0.2) is 9.13 Å². The molecule has 0 heterocycles. The van der Waals surface area contributed by atoms with Gasteiger partial charge in [0.05, 0.1) is 26.4 Å². The summed E-state index contributed by atoms with van der Waals surface area (Å²) in [4.78, 5) is 72.5. The Morgan fingerprint density at radius 1 is 0.348 bits per heavy atom. The number of carbonyl (C=O) groups is 4. The first-order valence-electron chi connectivity index (χ1n) is 35.7. The highest BCUT2D eigenvalue weighted by Crippen LogP contribution is 2.45. The molecule has 0 aliphatic heterocycles. The van der Waals surface area contributed by atoms with Crippen molar-refractivity contribution in [3.63, 3.8) is 0 Å². The first-order chi connectivity index (χ1) is 42.7. The number of ether oxygens (including phenoxy) is 4. The zero-order valence-electron chi connectivity index (χ0n) is 57.4. The third-order valence-electron chi connectivity index (χ3n) is 15.5. The number of hydrogen-bond acceptors (Lipinski definition) is 15. The van der Waals surface area contributed by atoms with Crippen molar-refractivity contribution < 1.29 is 80.2 Å². The molecule has 3 N–H and O–H groups in total. The summed E-state index contributed by atoms with van der Waals surface area (Å²) >= 11 is 0. The number of esters is 4. The van der Waals surface area contributed by atoms with Crippen molar-refractivity contribution in [2.75, 3.05) is 39.6 Å². The van der Waals surface area contributed by atoms with Crippen molar-refractivity contribution in [1.29, 1.82) is 0 Å². The van der Waals surface area contributed by atoms with Gasteiger partial charge in [0.1, 0.15) is 19.3 Å². The van der Waals surface area contributed by atoms with Crippen LogP contribution in [0.4, 0.5) is 0 Å². The molecule has 0 rings (SSSR count). The van der Waals surface area contributed by atoms with E-state index in [-0.39, 0.29) is 25.7 Å². The van der Waals surface area contributed by atoms with Crippen molar-refractivity contribution in [3.8, 4) is 0 Å². The maximum absolute atomic E-state index is 13.0. The lowest BCUT2D eigenvalue weighted by molar-refractivity contribution is -0.161. The first-order valence-corrected chi connectivity index (χ1v) is 38.7. The second-order valence-electron chi connectivity index (χ2n) is 26.0. The topological polar surface area (TPSA) is 237 Å². The monoisotopic (exact) mass is 1310 g/mol. The predicted molar refractivity (Wildman–Crippen MR) is 358 cm³/mol. The molecule has 3 unspecified atom stereocenters. The predicted octanol–water partition coefficient (Wildman–Crippen LogP) is 19.4. The highest BCUT2D eigenvalue weighted by molar-refractivity contribution is 7.47. The quantitative estimate of drug-likeness (QED) is 0.0169. The summed E-state index contributed by atoms with van der Waals surface area (Å²) in [5.74, 6) is 0.0227. The van der Waals surface area contributed by atoms with Crippen molar-refractivity contribution in [2.45, 2.75) is 343 Å². The summed E-state index contributed by atoms with van der Waals surface area (Å²) in [6.07, 6.45) is 46.7. The van der Waals surface area contributed by atoms with Crippen LogP contribution in [0.15, 0.2) is 24.3 Å². The van der Waals surface area contributed by atoms with E-state index in [0.29, 0.717) is 31.6 Å². The second-order valence-corrected chi connectivity index (χ2v) is 28.9. The van der Waals surface area contributed by atoms with Crippen LogP contribution in [0.5, 0.6) is 0 Å². The fourth-order valence-electron chi connectivity index (χ4n) is 10.0. The van der Waals surface area contributed by atoms with Crippen molar-refractivity contribution >= 4 is 39.5 Å². The van der Waals surface area contributed by atoms with Gasteiger partial charge in [0, 0.05) is 25.7 Å². The standard InChI is InChI=1S/C70H132O17P2/c1-8-9-10-11-12-13-14-15-16-17-18-21-32-39-46-53-69(74)86-65(57-80-67(72)51-44-37-30-22-19-20-27-34-41-48-61(2)3)59-84-88(76,77)82-55-64(71)56-83-89(78,79)85-60-66(87-70(75)54-47-40-33-26-24-29-36-43-50-63(6)7)58-81-68(73)52-45-38-31-25-23-28-35-42-49-62(4)5/h13-16,61-66,71H,8-12,17-60H2,1-7H3,(H,76,77)(H,78,79)/b14-13-,16-15-/t64?,65-,66-/m1/s1. The number of rotatable bonds is 66. The molecule has 0 aromatic rings. The Labute approximate surface area is 542 Å². The van der Waals surface area contributed by atoms with Crippen molar-refractivity contribution in [3.05, 3.63) is 24.3 Å². The minimum Gasteiger partial charge on any atom is -0.462 e. The van der Waals surface area contributed by atoms with Gasteiger partial charge in [-0.05, 0) is 69.1 Å². The molecule has 0 aromatic heterocycles. The molecule has 17 nitrogen and oxygen atoms in total. The smallest absolute Gasteiger partial charge is 0.462 e. The van der Waals surface area contributed by atoms with E-state index in [1.165, 1.54) is 122 Å². The molecule has 0 saturated heterocycles. The molecular formula is C70H132O17P2. The maximum atomic E-state index is 13.0. The number of carbonyl (C=O) groups excluding carboxylic acids is 4. The van der Waals surface area contributed by atoms with Crippen molar-refractivity contribution in [1.82, 2.24) is 0 Å². The molecule has 0 radical (unpaired) electrons. The number of allylic oxidation sites excluding steroid dienone is 4. The third kappa shape index (κ3) is 64.1. The third-order valence-corrected chi connectivity index (χ3v) is 17.4. The van der Waals surface area contributed by atoms with E-state index >= 15 is 0 Å². The first kappa shape index (κ1) is 86.5. The van der Waals surface area contributed by atoms with Gasteiger partial charge >= 0.3 is 39.5 Å². The normalized spacial score (nSPS) is 14.4. The van der Waals surface area contributed by atoms with Gasteiger partial charge in [-0.3, -0.25) is 37.3 Å². The van der Waals surface area contributed by atoms with Gasteiger partial charge in [0.15, 0.2) is 12.2 Å². The van der Waals surface area contributed by atoms with Crippen LogP contribution in [0.1, 0.15) is 325 Å². The number of aliphatic hydroxyl groups is 1. The second kappa shape index (κ2) is 60.5. The molecule has 19 heteroatoms. The molecule has 0 saturated carbocycles. The minimum atomic E-state index is -4.96. The Hall–Kier alpha value is -2.46. The van der Waals surface area contributed by atoms with E-state index in [1.54, 1.807) is 0 Å². The van der Waals surface area contributed by atoms with Crippen LogP contribution in [-0.4, -0.2) is 96.7 Å². The van der Waals surface area contributed by atoms with Crippen LogP contribution < -0.4 is 0 Å². The van der Waals surface area contributed by atoms with Crippen LogP contribution in [0.3, 0.4) is 0 Å². The Kier molecular flexibility index (Phi) is 58.8. The fraction of sp³-hybridized carbons (Fsp3) is 0.886. The van der Waals surface area contributed by atoms with Crippen LogP contribution in [0.25, 0.3) is 0 Å². The highest BCUT2D eigenvalue weighted by Gasteiger charge is 2.30. The van der Waals surface area contributed by atoms with Gasteiger partial charge in [-0.15, -0.1) is 0 Å². The van der Waals surface area contributed by atoms with Crippen molar-refractivity contribution in [2.24, 2.45) is 17.8 Å². The van der Waals surface area contributed by atoms with Crippen LogP contribution in [0, 0.1) is 17.8 Å². The number of hydrogen-bond donors (Lipinski definition) is 3. The molecular weight excluding hydrogens is 1170 g/mol. The molecule has 0 bridgehead atoms. The number of unbranched alkanes of at least 4 members (excludes halogenated alkanes) is 31. The summed E-state index contributed by atoms with van der Waals surface area (Å²) in [5, 5.41) is 10.6. The fourth-order valence-corrected chi connectivity index (χ4v) is 11.6. The molecule has 89 heavy (non-hydrogen) atoms. The van der Waals surface area contributed by atoms with E-state index in [4.69, 9.17) is 37.0 Å². The Balaban J connectivity index is 5.30. The average molecular weight is 1310 g/mol. The molecule has 0 fully saturated rings. The molecule has 5 atom stereocenters. The summed E-state index contributed by atoms with van der Waals surface area (Å²) in [6.45, 7) is 11.7. The molecule has 0 aliphatic carbocycles. The number of phosphoric ester groups is 2. The lowest BCUT2D eigenvalue weighted by Crippen LogP contribution is -2.30. The van der Waals surface area contributed by atoms with E-state index in [9.17, 15) is 43.2 Å². The molecule has 0 amide bonds. The zero-order chi connectivity index (χ0) is 65.9. The van der Waals surface area contributed by atoms with Gasteiger partial charge in [-0.2, -0.15) is 0 Å². The molecule has 0 aliphatic rings. The van der Waals surface area contributed by atoms with E-state index in [1.807, 2.05) is 0 Å².